The number of hydrogen-bond acceptors (Lipinski definition) is 6. The van der Waals surface area contributed by atoms with Crippen molar-refractivity contribution in [2.45, 2.75) is 45.4 Å². The zero-order valence-corrected chi connectivity index (χ0v) is 21.8. The Morgan fingerprint density at radius 2 is 1.80 bits per heavy atom. The van der Waals surface area contributed by atoms with Crippen molar-refractivity contribution in [2.75, 3.05) is 6.54 Å². The highest BCUT2D eigenvalue weighted by Gasteiger charge is 2.32. The minimum atomic E-state index is -0.348. The highest BCUT2D eigenvalue weighted by molar-refractivity contribution is 8.26. The van der Waals surface area contributed by atoms with Gasteiger partial charge in [0.25, 0.3) is 11.5 Å². The maximum atomic E-state index is 13.4. The molecule has 6 nitrogen and oxygen atoms in total. The van der Waals surface area contributed by atoms with Gasteiger partial charge >= 0.3 is 0 Å². The Kier molecular flexibility index (Phi) is 8.59. The van der Waals surface area contributed by atoms with Gasteiger partial charge in [0.05, 0.1) is 9.93 Å². The van der Waals surface area contributed by atoms with Crippen molar-refractivity contribution in [3.05, 3.63) is 74.5 Å². The number of ether oxygens (including phenoxy) is 1. The quantitative estimate of drug-likeness (QED) is 0.166. The first-order chi connectivity index (χ1) is 17.0. The highest BCUT2D eigenvalue weighted by atomic mass is 35.5. The second kappa shape index (κ2) is 11.8. The zero-order chi connectivity index (χ0) is 24.8. The first-order valence-corrected chi connectivity index (χ1v) is 13.3. The van der Waals surface area contributed by atoms with Crippen LogP contribution in [0.4, 0.5) is 0 Å². The molecular formula is C26H26ClN3O3S2. The summed E-state index contributed by atoms with van der Waals surface area (Å²) in [5.74, 6) is 0.247. The van der Waals surface area contributed by atoms with Gasteiger partial charge < -0.3 is 4.74 Å². The van der Waals surface area contributed by atoms with Crippen molar-refractivity contribution in [1.82, 2.24) is 14.3 Å². The summed E-state index contributed by atoms with van der Waals surface area (Å²) < 4.78 is 7.89. The van der Waals surface area contributed by atoms with Crippen LogP contribution in [0.3, 0.4) is 0 Å². The van der Waals surface area contributed by atoms with E-state index in [-0.39, 0.29) is 22.9 Å². The Bertz CT molecular complexity index is 1340. The van der Waals surface area contributed by atoms with Gasteiger partial charge in [0.15, 0.2) is 0 Å². The van der Waals surface area contributed by atoms with Crippen LogP contribution >= 0.6 is 35.6 Å². The predicted molar refractivity (Wildman–Crippen MR) is 146 cm³/mol. The average Bonchev–Trinajstić information content (AvgIpc) is 3.12. The van der Waals surface area contributed by atoms with Crippen molar-refractivity contribution >= 4 is 57.5 Å². The summed E-state index contributed by atoms with van der Waals surface area (Å²) in [7, 11) is 0. The SMILES string of the molecule is CCCCCCCCN1C(=O)/C(=C\c2c(Oc3ccccc3Cl)nc3ccccn3c2=O)SC1=S. The molecular weight excluding hydrogens is 502 g/mol. The lowest BCUT2D eigenvalue weighted by Crippen LogP contribution is -2.29. The summed E-state index contributed by atoms with van der Waals surface area (Å²) in [5.41, 5.74) is 0.236. The molecule has 3 heterocycles. The molecule has 0 saturated carbocycles. The molecule has 0 aliphatic carbocycles. The number of para-hydroxylation sites is 1. The third-order valence-electron chi connectivity index (χ3n) is 5.66. The van der Waals surface area contributed by atoms with Gasteiger partial charge in [-0.1, -0.05) is 92.8 Å². The Balaban J connectivity index is 1.63. The van der Waals surface area contributed by atoms with E-state index in [1.165, 1.54) is 41.5 Å². The number of benzene rings is 1. The van der Waals surface area contributed by atoms with Crippen LogP contribution in [0.2, 0.25) is 5.02 Å². The molecule has 0 spiro atoms. The van der Waals surface area contributed by atoms with Crippen LogP contribution in [0.1, 0.15) is 51.0 Å². The van der Waals surface area contributed by atoms with E-state index in [0.29, 0.717) is 32.2 Å². The molecule has 1 aliphatic rings. The first-order valence-electron chi connectivity index (χ1n) is 11.7. The number of amides is 1. The van der Waals surface area contributed by atoms with Gasteiger partial charge in [0.1, 0.15) is 21.3 Å². The average molecular weight is 528 g/mol. The van der Waals surface area contributed by atoms with Crippen molar-refractivity contribution in [3.63, 3.8) is 0 Å². The third-order valence-corrected chi connectivity index (χ3v) is 7.35. The number of thioether (sulfide) groups is 1. The zero-order valence-electron chi connectivity index (χ0n) is 19.4. The molecule has 1 aliphatic heterocycles. The Hall–Kier alpha value is -2.68. The van der Waals surface area contributed by atoms with Crippen molar-refractivity contribution in [2.24, 2.45) is 0 Å². The van der Waals surface area contributed by atoms with Crippen molar-refractivity contribution < 1.29 is 9.53 Å². The molecule has 0 unspecified atom stereocenters. The summed E-state index contributed by atoms with van der Waals surface area (Å²) in [5, 5.41) is 0.388. The normalized spacial score (nSPS) is 14.9. The van der Waals surface area contributed by atoms with Crippen LogP contribution < -0.4 is 10.3 Å². The fourth-order valence-corrected chi connectivity index (χ4v) is 5.25. The van der Waals surface area contributed by atoms with E-state index >= 15 is 0 Å². The number of halogens is 1. The lowest BCUT2D eigenvalue weighted by Gasteiger charge is -2.14. The fourth-order valence-electron chi connectivity index (χ4n) is 3.79. The smallest absolute Gasteiger partial charge is 0.269 e. The largest absolute Gasteiger partial charge is 0.437 e. The van der Waals surface area contributed by atoms with E-state index in [1.807, 2.05) is 0 Å². The van der Waals surface area contributed by atoms with E-state index in [4.69, 9.17) is 28.6 Å². The van der Waals surface area contributed by atoms with E-state index < -0.39 is 0 Å². The molecule has 35 heavy (non-hydrogen) atoms. The number of rotatable bonds is 10. The second-order valence-electron chi connectivity index (χ2n) is 8.20. The van der Waals surface area contributed by atoms with Crippen LogP contribution in [-0.4, -0.2) is 31.1 Å². The highest BCUT2D eigenvalue weighted by Crippen LogP contribution is 2.35. The van der Waals surface area contributed by atoms with Crippen LogP contribution in [0.5, 0.6) is 11.6 Å². The molecule has 1 saturated heterocycles. The van der Waals surface area contributed by atoms with Gasteiger partial charge in [0.2, 0.25) is 5.88 Å². The molecule has 0 atom stereocenters. The molecule has 182 valence electrons. The molecule has 0 radical (unpaired) electrons. The third kappa shape index (κ3) is 5.94. The standard InChI is InChI=1S/C26H26ClN3O3S2/c1-2-3-4-5-6-10-16-30-25(32)21(35-26(30)34)17-18-23(33-20-13-8-7-12-19(20)27)28-22-14-9-11-15-29(22)24(18)31/h7-9,11-15,17H,2-6,10,16H2,1H3/b21-17+. The Morgan fingerprint density at radius 3 is 2.60 bits per heavy atom. The first kappa shape index (κ1) is 25.4. The lowest BCUT2D eigenvalue weighted by atomic mass is 10.1. The fraction of sp³-hybridized carbons (Fsp3) is 0.308. The Morgan fingerprint density at radius 1 is 1.06 bits per heavy atom. The second-order valence-corrected chi connectivity index (χ2v) is 10.3. The van der Waals surface area contributed by atoms with Gasteiger partial charge in [0, 0.05) is 12.7 Å². The van der Waals surface area contributed by atoms with Gasteiger partial charge in [-0.15, -0.1) is 0 Å². The number of nitrogens with zero attached hydrogens (tertiary/aromatic N) is 3. The number of fused-ring (bicyclic) bond motifs is 1. The van der Waals surface area contributed by atoms with Crippen LogP contribution in [0.25, 0.3) is 11.7 Å². The van der Waals surface area contributed by atoms with Crippen LogP contribution in [0, 0.1) is 0 Å². The summed E-state index contributed by atoms with van der Waals surface area (Å²) >= 11 is 12.9. The predicted octanol–water partition coefficient (Wildman–Crippen LogP) is 6.70. The minimum absolute atomic E-state index is 0.0792. The molecule has 0 N–H and O–H groups in total. The number of hydrogen-bond donors (Lipinski definition) is 0. The monoisotopic (exact) mass is 527 g/mol. The summed E-state index contributed by atoms with van der Waals surface area (Å²) in [4.78, 5) is 33.0. The number of carbonyl (C=O) groups excluding carboxylic acids is 1. The van der Waals surface area contributed by atoms with Gasteiger partial charge in [-0.3, -0.25) is 18.9 Å². The number of unbranched alkanes of at least 4 members (excludes halogenated alkanes) is 5. The van der Waals surface area contributed by atoms with E-state index in [0.717, 1.165) is 19.3 Å². The van der Waals surface area contributed by atoms with Crippen molar-refractivity contribution in [3.8, 4) is 11.6 Å². The summed E-state index contributed by atoms with van der Waals surface area (Å²) in [6, 6.07) is 12.2. The van der Waals surface area contributed by atoms with E-state index in [9.17, 15) is 9.59 Å². The van der Waals surface area contributed by atoms with Gasteiger partial charge in [-0.25, -0.2) is 0 Å². The molecule has 9 heteroatoms. The molecule has 2 aromatic heterocycles. The molecule has 1 aromatic carbocycles. The molecule has 1 amide bonds. The van der Waals surface area contributed by atoms with Crippen LogP contribution in [-0.2, 0) is 4.79 Å². The molecule has 1 fully saturated rings. The molecule has 4 rings (SSSR count). The minimum Gasteiger partial charge on any atom is -0.437 e. The number of carbonyl (C=O) groups is 1. The molecule has 3 aromatic rings. The van der Waals surface area contributed by atoms with E-state index in [2.05, 4.69) is 11.9 Å². The Labute approximate surface area is 219 Å². The van der Waals surface area contributed by atoms with Crippen molar-refractivity contribution in [1.29, 1.82) is 0 Å². The summed E-state index contributed by atoms with van der Waals surface area (Å²) in [6.45, 7) is 2.76. The van der Waals surface area contributed by atoms with E-state index in [1.54, 1.807) is 53.6 Å². The topological polar surface area (TPSA) is 63.9 Å². The maximum absolute atomic E-state index is 13.4. The van der Waals surface area contributed by atoms with Gasteiger partial charge in [-0.05, 0) is 36.8 Å². The number of pyridine rings is 1. The number of aromatic nitrogens is 2. The summed E-state index contributed by atoms with van der Waals surface area (Å²) in [6.07, 6.45) is 9.91. The maximum Gasteiger partial charge on any atom is 0.269 e. The number of thiocarbonyl (C=S) groups is 1. The molecule has 0 bridgehead atoms. The lowest BCUT2D eigenvalue weighted by molar-refractivity contribution is -0.122. The van der Waals surface area contributed by atoms with Crippen LogP contribution in [0.15, 0.2) is 58.4 Å². The van der Waals surface area contributed by atoms with Gasteiger partial charge in [-0.2, -0.15) is 4.98 Å².